The normalized spacial score (nSPS) is 12.4. The molecule has 1 aliphatic rings. The molecule has 0 atom stereocenters. The Morgan fingerprint density at radius 1 is 0.967 bits per heavy atom. The van der Waals surface area contributed by atoms with Gasteiger partial charge in [0.05, 0.1) is 12.8 Å². The van der Waals surface area contributed by atoms with E-state index in [0.717, 1.165) is 50.1 Å². The maximum atomic E-state index is 11.9. The van der Waals surface area contributed by atoms with Crippen LogP contribution < -0.4 is 15.4 Å². The second-order valence-electron chi connectivity index (χ2n) is 6.98. The minimum absolute atomic E-state index is 0.00145. The van der Waals surface area contributed by atoms with E-state index in [9.17, 15) is 4.79 Å². The first-order chi connectivity index (χ1) is 14.7. The highest BCUT2D eigenvalue weighted by Gasteiger charge is 2.21. The van der Waals surface area contributed by atoms with Gasteiger partial charge in [-0.2, -0.15) is 0 Å². The van der Waals surface area contributed by atoms with Crippen LogP contribution in [-0.4, -0.2) is 18.0 Å². The van der Waals surface area contributed by atoms with Crippen molar-refractivity contribution in [3.63, 3.8) is 0 Å². The van der Waals surface area contributed by atoms with Crippen molar-refractivity contribution in [2.75, 3.05) is 12.4 Å². The third-order valence-electron chi connectivity index (χ3n) is 5.18. The van der Waals surface area contributed by atoms with Crippen molar-refractivity contribution >= 4 is 28.1 Å². The Labute approximate surface area is 178 Å². The Morgan fingerprint density at radius 2 is 1.70 bits per heavy atom. The molecule has 0 fully saturated rings. The molecule has 0 spiro atoms. The minimum atomic E-state index is 0.00145. The van der Waals surface area contributed by atoms with Crippen molar-refractivity contribution in [2.24, 2.45) is 0 Å². The number of fused-ring (bicyclic) bond motifs is 1. The van der Waals surface area contributed by atoms with Gasteiger partial charge in [0.25, 0.3) is 5.91 Å². The number of ether oxygens (including phenoxy) is 1. The molecule has 0 bridgehead atoms. The number of nitrogens with zero attached hydrogens (tertiary/aromatic N) is 1. The number of methoxy groups -OCH3 is 1. The van der Waals surface area contributed by atoms with Gasteiger partial charge in [-0.3, -0.25) is 4.79 Å². The van der Waals surface area contributed by atoms with Gasteiger partial charge in [-0.1, -0.05) is 24.3 Å². The summed E-state index contributed by atoms with van der Waals surface area (Å²) < 4.78 is 5.21. The molecule has 0 unspecified atom stereocenters. The van der Waals surface area contributed by atoms with E-state index in [4.69, 9.17) is 4.74 Å². The topological polar surface area (TPSA) is 63.2 Å². The summed E-state index contributed by atoms with van der Waals surface area (Å²) in [7, 11) is 1.66. The molecule has 0 aliphatic carbocycles. The van der Waals surface area contributed by atoms with Crippen LogP contribution >= 0.6 is 11.3 Å². The Morgan fingerprint density at radius 3 is 2.47 bits per heavy atom. The summed E-state index contributed by atoms with van der Waals surface area (Å²) in [5.74, 6) is 0.832. The molecule has 3 aromatic carbocycles. The number of benzene rings is 3. The van der Waals surface area contributed by atoms with Crippen LogP contribution in [0.15, 0.2) is 72.1 Å². The molecule has 0 saturated heterocycles. The molecule has 1 aliphatic heterocycles. The summed E-state index contributed by atoms with van der Waals surface area (Å²) in [6.45, 7) is 0.581. The van der Waals surface area contributed by atoms with E-state index < -0.39 is 0 Å². The zero-order valence-corrected chi connectivity index (χ0v) is 17.1. The Bertz CT molecular complexity index is 1210. The second kappa shape index (κ2) is 7.65. The fourth-order valence-corrected chi connectivity index (χ4v) is 4.35. The number of carbonyl (C=O) groups is 1. The number of thiazole rings is 1. The first kappa shape index (κ1) is 18.4. The number of aromatic nitrogens is 1. The number of carbonyl (C=O) groups excluding carboxylic acids is 1. The average molecular weight is 414 g/mol. The zero-order chi connectivity index (χ0) is 20.5. The fourth-order valence-electron chi connectivity index (χ4n) is 3.61. The number of hydrogen-bond donors (Lipinski definition) is 2. The van der Waals surface area contributed by atoms with Crippen LogP contribution in [0.3, 0.4) is 0 Å². The molecular formula is C24H19N3O2S. The first-order valence-corrected chi connectivity index (χ1v) is 10.5. The SMILES string of the molecule is COc1ccc(-c2csc(Nc3ccc(-c4cccc5c4CNC5=O)cc3)n2)cc1. The monoisotopic (exact) mass is 413 g/mol. The largest absolute Gasteiger partial charge is 0.497 e. The molecule has 2 heterocycles. The van der Waals surface area contributed by atoms with Crippen LogP contribution in [0, 0.1) is 0 Å². The number of nitrogens with one attached hydrogen (secondary N) is 2. The van der Waals surface area contributed by atoms with Crippen LogP contribution in [-0.2, 0) is 6.54 Å². The number of rotatable bonds is 5. The molecule has 6 heteroatoms. The second-order valence-corrected chi connectivity index (χ2v) is 7.84. The lowest BCUT2D eigenvalue weighted by atomic mass is 9.97. The summed E-state index contributed by atoms with van der Waals surface area (Å²) in [6, 6.07) is 22.0. The summed E-state index contributed by atoms with van der Waals surface area (Å²) in [6.07, 6.45) is 0. The van der Waals surface area contributed by atoms with Crippen LogP contribution in [0.5, 0.6) is 5.75 Å². The van der Waals surface area contributed by atoms with Gasteiger partial charge < -0.3 is 15.4 Å². The first-order valence-electron chi connectivity index (χ1n) is 9.59. The lowest BCUT2D eigenvalue weighted by molar-refractivity contribution is 0.0966. The van der Waals surface area contributed by atoms with Crippen LogP contribution in [0.4, 0.5) is 10.8 Å². The Hall–Kier alpha value is -3.64. The lowest BCUT2D eigenvalue weighted by Crippen LogP contribution is -2.12. The standard InChI is InChI=1S/C24H19N3O2S/c1-29-18-11-7-16(8-12-18)22-14-30-24(27-22)26-17-9-5-15(6-10-17)19-3-2-4-20-21(19)13-25-23(20)28/h2-12,14H,13H2,1H3,(H,25,28)(H,26,27). The number of hydrogen-bond acceptors (Lipinski definition) is 5. The van der Waals surface area contributed by atoms with Gasteiger partial charge in [0.1, 0.15) is 5.75 Å². The quantitative estimate of drug-likeness (QED) is 0.455. The summed E-state index contributed by atoms with van der Waals surface area (Å²) in [5.41, 5.74) is 6.96. The van der Waals surface area contributed by atoms with Crippen molar-refractivity contribution in [3.8, 4) is 28.1 Å². The summed E-state index contributed by atoms with van der Waals surface area (Å²) in [5, 5.41) is 9.14. The summed E-state index contributed by atoms with van der Waals surface area (Å²) >= 11 is 1.57. The predicted octanol–water partition coefficient (Wildman–Crippen LogP) is 5.47. The van der Waals surface area contributed by atoms with Gasteiger partial charge in [0.2, 0.25) is 0 Å². The Kier molecular flexibility index (Phi) is 4.69. The highest BCUT2D eigenvalue weighted by molar-refractivity contribution is 7.14. The van der Waals surface area contributed by atoms with Crippen molar-refractivity contribution in [1.82, 2.24) is 10.3 Å². The average Bonchev–Trinajstić information content (AvgIpc) is 3.41. The van der Waals surface area contributed by atoms with E-state index in [1.54, 1.807) is 18.4 Å². The highest BCUT2D eigenvalue weighted by Crippen LogP contribution is 2.32. The van der Waals surface area contributed by atoms with E-state index in [1.807, 2.05) is 53.9 Å². The highest BCUT2D eigenvalue weighted by atomic mass is 32.1. The predicted molar refractivity (Wildman–Crippen MR) is 120 cm³/mol. The van der Waals surface area contributed by atoms with E-state index >= 15 is 0 Å². The Balaban J connectivity index is 1.34. The molecule has 2 N–H and O–H groups in total. The minimum Gasteiger partial charge on any atom is -0.497 e. The number of amides is 1. The third-order valence-corrected chi connectivity index (χ3v) is 5.94. The van der Waals surface area contributed by atoms with E-state index in [-0.39, 0.29) is 5.91 Å². The van der Waals surface area contributed by atoms with Crippen LogP contribution in [0.2, 0.25) is 0 Å². The zero-order valence-electron chi connectivity index (χ0n) is 16.3. The molecule has 1 amide bonds. The molecule has 0 saturated carbocycles. The molecular weight excluding hydrogens is 394 g/mol. The fraction of sp³-hybridized carbons (Fsp3) is 0.0833. The molecule has 4 aromatic rings. The van der Waals surface area contributed by atoms with Gasteiger partial charge >= 0.3 is 0 Å². The van der Waals surface area contributed by atoms with Crippen LogP contribution in [0.1, 0.15) is 15.9 Å². The van der Waals surface area contributed by atoms with Crippen molar-refractivity contribution < 1.29 is 9.53 Å². The molecule has 148 valence electrons. The van der Waals surface area contributed by atoms with Crippen LogP contribution in [0.25, 0.3) is 22.4 Å². The third kappa shape index (κ3) is 3.42. The number of anilines is 2. The van der Waals surface area contributed by atoms with Gasteiger partial charge in [-0.05, 0) is 59.2 Å². The molecule has 30 heavy (non-hydrogen) atoms. The van der Waals surface area contributed by atoms with Crippen molar-refractivity contribution in [2.45, 2.75) is 6.54 Å². The molecule has 0 radical (unpaired) electrons. The maximum Gasteiger partial charge on any atom is 0.251 e. The smallest absolute Gasteiger partial charge is 0.251 e. The molecule has 1 aromatic heterocycles. The van der Waals surface area contributed by atoms with Gasteiger partial charge in [-0.25, -0.2) is 4.98 Å². The van der Waals surface area contributed by atoms with Gasteiger partial charge in [-0.15, -0.1) is 11.3 Å². The van der Waals surface area contributed by atoms with E-state index in [0.29, 0.717) is 6.54 Å². The van der Waals surface area contributed by atoms with Gasteiger partial charge in [0, 0.05) is 28.7 Å². The summed E-state index contributed by atoms with van der Waals surface area (Å²) in [4.78, 5) is 16.6. The van der Waals surface area contributed by atoms with Gasteiger partial charge in [0.15, 0.2) is 5.13 Å². The van der Waals surface area contributed by atoms with Crippen molar-refractivity contribution in [1.29, 1.82) is 0 Å². The maximum absolute atomic E-state index is 11.9. The van der Waals surface area contributed by atoms with Crippen molar-refractivity contribution in [3.05, 3.63) is 83.2 Å². The molecule has 5 rings (SSSR count). The van der Waals surface area contributed by atoms with E-state index in [2.05, 4.69) is 33.8 Å². The van der Waals surface area contributed by atoms with E-state index in [1.165, 1.54) is 0 Å². The molecule has 5 nitrogen and oxygen atoms in total. The lowest BCUT2D eigenvalue weighted by Gasteiger charge is -2.09.